The van der Waals surface area contributed by atoms with Gasteiger partial charge in [-0.15, -0.1) is 0 Å². The van der Waals surface area contributed by atoms with E-state index in [1.165, 1.54) is 0 Å². The van der Waals surface area contributed by atoms with E-state index in [0.29, 0.717) is 0 Å². The summed E-state index contributed by atoms with van der Waals surface area (Å²) in [4.78, 5) is 22.8. The van der Waals surface area contributed by atoms with Crippen LogP contribution in [-0.4, -0.2) is 11.9 Å². The Hall–Kier alpha value is 1.92. The van der Waals surface area contributed by atoms with Crippen molar-refractivity contribution in [2.75, 3.05) is 0 Å². The molecule has 2 aromatic rings. The van der Waals surface area contributed by atoms with Crippen LogP contribution in [-0.2, 0) is 32.3 Å². The van der Waals surface area contributed by atoms with Crippen molar-refractivity contribution in [1.82, 2.24) is 0 Å². The number of ether oxygens (including phenoxy) is 2. The first-order valence-electron chi connectivity index (χ1n) is 9.67. The van der Waals surface area contributed by atoms with Gasteiger partial charge in [-0.3, -0.25) is 4.79 Å². The molecule has 1 atom stereocenters. The van der Waals surface area contributed by atoms with Crippen molar-refractivity contribution < 1.29 is 19.1 Å². The van der Waals surface area contributed by atoms with E-state index in [-0.39, 0.29) is 25.1 Å². The van der Waals surface area contributed by atoms with Gasteiger partial charge in [0.1, 0.15) is 13.2 Å². The first-order valence-corrected chi connectivity index (χ1v) is 17.6. The zero-order chi connectivity index (χ0) is 27.9. The number of halogens is 10. The first-order chi connectivity index (χ1) is 16.7. The van der Waals surface area contributed by atoms with Gasteiger partial charge < -0.3 is 9.47 Å². The van der Waals surface area contributed by atoms with Crippen molar-refractivity contribution in [2.24, 2.45) is 5.92 Å². The lowest BCUT2D eigenvalue weighted by Crippen LogP contribution is -2.14. The summed E-state index contributed by atoms with van der Waals surface area (Å²) in [6.45, 7) is 7.53. The van der Waals surface area contributed by atoms with Gasteiger partial charge >= 0.3 is 11.9 Å². The minimum absolute atomic E-state index is 0.0834. The Balaban J connectivity index is 0.000000362. The molecule has 4 nitrogen and oxygen atoms in total. The molecule has 0 aliphatic carbocycles. The average molecular weight is 1140 g/mol. The molecular weight excluding hydrogens is 1130 g/mol. The average Bonchev–Trinajstić information content (AvgIpc) is 2.87. The molecule has 0 bridgehead atoms. The molecule has 0 aliphatic heterocycles. The van der Waals surface area contributed by atoms with Gasteiger partial charge in [-0.1, -0.05) is 20.4 Å². The maximum Gasteiger partial charge on any atom is 0.330 e. The lowest BCUT2D eigenvalue weighted by molar-refractivity contribution is -0.149. The summed E-state index contributed by atoms with van der Waals surface area (Å²) in [6.07, 6.45) is 1.90. The van der Waals surface area contributed by atoms with Crippen LogP contribution >= 0.6 is 159 Å². The van der Waals surface area contributed by atoms with E-state index in [1.807, 2.05) is 13.8 Å². The molecule has 0 saturated carbocycles. The standard InChI is InChI=1S/C12H11Br5O2.C10H5Br5O2/c1-3-5(2)12(18)19-4-6-7(13)9(15)11(17)10(16)8(6)14;1-2-5(16)17-3-4-6(11)8(13)10(15)9(14)7(4)12/h5H,3-4H2,1-2H3;2H,1,3H2. The van der Waals surface area contributed by atoms with Crippen molar-refractivity contribution in [3.63, 3.8) is 0 Å². The number of hydrogen-bond donors (Lipinski definition) is 0. The molecule has 0 aliphatic rings. The predicted octanol–water partition coefficient (Wildman–Crippen LogP) is 12.3. The van der Waals surface area contributed by atoms with Crippen LogP contribution < -0.4 is 0 Å². The summed E-state index contributed by atoms with van der Waals surface area (Å²) in [7, 11) is 0. The Morgan fingerprint density at radius 2 is 0.972 bits per heavy atom. The van der Waals surface area contributed by atoms with Crippen LogP contribution in [0.1, 0.15) is 31.4 Å². The van der Waals surface area contributed by atoms with Gasteiger partial charge in [-0.25, -0.2) is 4.79 Å². The monoisotopic (exact) mass is 1130 g/mol. The van der Waals surface area contributed by atoms with Gasteiger partial charge in [-0.05, 0) is 166 Å². The van der Waals surface area contributed by atoms with Crippen LogP contribution in [0, 0.1) is 5.92 Å². The number of esters is 2. The summed E-state index contributed by atoms with van der Waals surface area (Å²) in [5, 5.41) is 0. The molecule has 0 fully saturated rings. The summed E-state index contributed by atoms with van der Waals surface area (Å²) in [6, 6.07) is 0. The van der Waals surface area contributed by atoms with Crippen molar-refractivity contribution in [3.8, 4) is 0 Å². The molecule has 14 heteroatoms. The van der Waals surface area contributed by atoms with Crippen molar-refractivity contribution >= 4 is 171 Å². The maximum absolute atomic E-state index is 11.7. The molecule has 0 spiro atoms. The molecule has 0 N–H and O–H groups in total. The smallest absolute Gasteiger partial charge is 0.330 e. The van der Waals surface area contributed by atoms with Gasteiger partial charge in [0.2, 0.25) is 0 Å². The number of hydrogen-bond acceptors (Lipinski definition) is 4. The van der Waals surface area contributed by atoms with Gasteiger partial charge in [0, 0.05) is 61.9 Å². The molecule has 2 rings (SSSR count). The largest absolute Gasteiger partial charge is 0.461 e. The molecule has 0 amide bonds. The van der Waals surface area contributed by atoms with Gasteiger partial charge in [0.25, 0.3) is 0 Å². The number of carbonyl (C=O) groups is 2. The lowest BCUT2D eigenvalue weighted by atomic mass is 10.1. The molecular formula is C22H16Br10O4. The number of carbonyl (C=O) groups excluding carboxylic acids is 2. The summed E-state index contributed by atoms with van der Waals surface area (Å²) in [5.74, 6) is -0.727. The zero-order valence-electron chi connectivity index (χ0n) is 18.4. The molecule has 0 radical (unpaired) electrons. The Morgan fingerprint density at radius 3 is 1.28 bits per heavy atom. The Morgan fingerprint density at radius 1 is 0.667 bits per heavy atom. The third kappa shape index (κ3) is 9.49. The Kier molecular flexibility index (Phi) is 17.0. The Labute approximate surface area is 294 Å². The van der Waals surface area contributed by atoms with Crippen molar-refractivity contribution in [2.45, 2.75) is 33.5 Å². The molecule has 2 aromatic carbocycles. The van der Waals surface area contributed by atoms with Crippen LogP contribution in [0.25, 0.3) is 0 Å². The molecule has 0 saturated heterocycles. The van der Waals surface area contributed by atoms with E-state index in [4.69, 9.17) is 9.47 Å². The topological polar surface area (TPSA) is 52.6 Å². The highest BCUT2D eigenvalue weighted by molar-refractivity contribution is 9.16. The van der Waals surface area contributed by atoms with Gasteiger partial charge in [0.05, 0.1) is 5.92 Å². The quantitative estimate of drug-likeness (QED) is 0.120. The third-order valence-electron chi connectivity index (χ3n) is 4.50. The fourth-order valence-electron chi connectivity index (χ4n) is 2.21. The predicted molar refractivity (Wildman–Crippen MR) is 179 cm³/mol. The molecule has 0 heterocycles. The second kappa shape index (κ2) is 17.0. The molecule has 36 heavy (non-hydrogen) atoms. The summed E-state index contributed by atoms with van der Waals surface area (Å²) >= 11 is 34.6. The lowest BCUT2D eigenvalue weighted by Gasteiger charge is -2.15. The highest BCUT2D eigenvalue weighted by atomic mass is 79.9. The van der Waals surface area contributed by atoms with E-state index in [1.54, 1.807) is 0 Å². The van der Waals surface area contributed by atoms with E-state index in [0.717, 1.165) is 68.4 Å². The SMILES string of the molecule is C=CC(=O)OCc1c(Br)c(Br)c(Br)c(Br)c1Br.CCC(C)C(=O)OCc1c(Br)c(Br)c(Br)c(Br)c1Br. The minimum atomic E-state index is -0.459. The van der Waals surface area contributed by atoms with E-state index >= 15 is 0 Å². The van der Waals surface area contributed by atoms with Gasteiger partial charge in [-0.2, -0.15) is 0 Å². The van der Waals surface area contributed by atoms with Gasteiger partial charge in [0.15, 0.2) is 0 Å². The van der Waals surface area contributed by atoms with Crippen LogP contribution in [0.5, 0.6) is 0 Å². The normalized spacial score (nSPS) is 11.3. The fraction of sp³-hybridized carbons (Fsp3) is 0.273. The molecule has 1 unspecified atom stereocenters. The van der Waals surface area contributed by atoms with Crippen molar-refractivity contribution in [3.05, 3.63) is 68.5 Å². The fourth-order valence-corrected chi connectivity index (χ4v) is 8.92. The van der Waals surface area contributed by atoms with Crippen molar-refractivity contribution in [1.29, 1.82) is 0 Å². The highest BCUT2D eigenvalue weighted by Gasteiger charge is 2.20. The second-order valence-corrected chi connectivity index (χ2v) is 14.8. The first kappa shape index (κ1) is 35.9. The zero-order valence-corrected chi connectivity index (χ0v) is 34.3. The Bertz CT molecular complexity index is 1110. The van der Waals surface area contributed by atoms with Crippen LogP contribution in [0.4, 0.5) is 0 Å². The minimum Gasteiger partial charge on any atom is -0.461 e. The summed E-state index contributed by atoms with van der Waals surface area (Å²) < 4.78 is 18.9. The molecule has 0 aromatic heterocycles. The van der Waals surface area contributed by atoms with E-state index in [9.17, 15) is 9.59 Å². The van der Waals surface area contributed by atoms with E-state index in [2.05, 4.69) is 166 Å². The van der Waals surface area contributed by atoms with Crippen LogP contribution in [0.15, 0.2) is 57.4 Å². The number of rotatable bonds is 7. The maximum atomic E-state index is 11.7. The van der Waals surface area contributed by atoms with Crippen LogP contribution in [0.2, 0.25) is 0 Å². The highest BCUT2D eigenvalue weighted by Crippen LogP contribution is 2.45. The second-order valence-electron chi connectivity index (χ2n) is 6.83. The van der Waals surface area contributed by atoms with Crippen LogP contribution in [0.3, 0.4) is 0 Å². The number of benzene rings is 2. The third-order valence-corrected chi connectivity index (χ3v) is 17.0. The molecule has 198 valence electrons. The van der Waals surface area contributed by atoms with E-state index < -0.39 is 5.97 Å². The summed E-state index contributed by atoms with van der Waals surface area (Å²) in [5.41, 5.74) is 1.70.